The summed E-state index contributed by atoms with van der Waals surface area (Å²) in [6.45, 7) is 6.24. The van der Waals surface area contributed by atoms with Crippen molar-refractivity contribution in [3.05, 3.63) is 0 Å². The van der Waals surface area contributed by atoms with Crippen LogP contribution in [0.4, 0.5) is 0 Å². The molecule has 4 aliphatic rings. The van der Waals surface area contributed by atoms with Gasteiger partial charge in [-0.2, -0.15) is 12.6 Å². The van der Waals surface area contributed by atoms with Gasteiger partial charge in [0, 0.05) is 16.2 Å². The predicted molar refractivity (Wildman–Crippen MR) is 102 cm³/mol. The average Bonchev–Trinajstić information content (AvgIpc) is 2.21. The summed E-state index contributed by atoms with van der Waals surface area (Å²) in [5, 5.41) is 0.391. The Morgan fingerprint density at radius 2 is 1.90 bits per heavy atom. The van der Waals surface area contributed by atoms with Crippen LogP contribution in [0.2, 0.25) is 5.31 Å². The standard InChI is InChI=1S/C16H27BINOS/c1-10(2)13(20)19(11(3)18)15-5-12-4-14(17,7-15)8-16(21,6-12)9-15/h10-12,21H,4-9,17H2,1-3H3. The second-order valence-electron chi connectivity index (χ2n) is 8.71. The molecule has 0 saturated heterocycles. The van der Waals surface area contributed by atoms with Crippen molar-refractivity contribution in [2.75, 3.05) is 0 Å². The van der Waals surface area contributed by atoms with E-state index in [0.29, 0.717) is 11.2 Å². The minimum atomic E-state index is 0.0673. The molecule has 0 N–H and O–H groups in total. The molecule has 0 heterocycles. The highest BCUT2D eigenvalue weighted by molar-refractivity contribution is 14.1. The molecule has 4 fully saturated rings. The molecule has 1 amide bonds. The fraction of sp³-hybridized carbons (Fsp3) is 0.938. The van der Waals surface area contributed by atoms with Crippen LogP contribution in [0.5, 0.6) is 0 Å². The molecule has 4 rings (SSSR count). The molecule has 0 aromatic rings. The van der Waals surface area contributed by atoms with Gasteiger partial charge >= 0.3 is 0 Å². The zero-order chi connectivity index (χ0) is 15.6. The molecule has 0 spiro atoms. The van der Waals surface area contributed by atoms with E-state index in [1.165, 1.54) is 32.1 Å². The van der Waals surface area contributed by atoms with Crippen molar-refractivity contribution in [1.82, 2.24) is 4.90 Å². The zero-order valence-electron chi connectivity index (χ0n) is 13.7. The Labute approximate surface area is 149 Å². The molecule has 5 atom stereocenters. The largest absolute Gasteiger partial charge is 0.325 e. The monoisotopic (exact) mass is 419 g/mol. The van der Waals surface area contributed by atoms with Crippen molar-refractivity contribution >= 4 is 49.0 Å². The second-order valence-corrected chi connectivity index (χ2v) is 11.5. The van der Waals surface area contributed by atoms with Crippen LogP contribution in [0.1, 0.15) is 59.3 Å². The lowest BCUT2D eigenvalue weighted by Gasteiger charge is -2.68. The second kappa shape index (κ2) is 5.05. The summed E-state index contributed by atoms with van der Waals surface area (Å²) < 4.78 is 0.421. The van der Waals surface area contributed by atoms with Crippen molar-refractivity contribution < 1.29 is 4.79 Å². The number of halogens is 1. The van der Waals surface area contributed by atoms with E-state index in [2.05, 4.69) is 42.3 Å². The van der Waals surface area contributed by atoms with E-state index in [9.17, 15) is 4.79 Å². The van der Waals surface area contributed by atoms with Gasteiger partial charge in [-0.25, -0.2) is 0 Å². The van der Waals surface area contributed by atoms with E-state index < -0.39 is 0 Å². The van der Waals surface area contributed by atoms with Gasteiger partial charge < -0.3 is 4.90 Å². The summed E-state index contributed by atoms with van der Waals surface area (Å²) in [4.78, 5) is 15.2. The summed E-state index contributed by atoms with van der Waals surface area (Å²) in [5.41, 5.74) is 0.0673. The quantitative estimate of drug-likeness (QED) is 0.244. The molecule has 4 aliphatic carbocycles. The smallest absolute Gasteiger partial charge is 0.226 e. The number of carbonyl (C=O) groups is 1. The molecule has 4 saturated carbocycles. The van der Waals surface area contributed by atoms with Gasteiger partial charge in [-0.05, 0) is 44.9 Å². The van der Waals surface area contributed by atoms with Crippen LogP contribution in [0, 0.1) is 11.8 Å². The first-order valence-electron chi connectivity index (χ1n) is 8.28. The van der Waals surface area contributed by atoms with Crippen molar-refractivity contribution in [2.24, 2.45) is 11.8 Å². The molecule has 0 aliphatic heterocycles. The minimum Gasteiger partial charge on any atom is -0.325 e. The fourth-order valence-electron chi connectivity index (χ4n) is 6.14. The van der Waals surface area contributed by atoms with Crippen molar-refractivity contribution in [2.45, 2.75) is 78.9 Å². The van der Waals surface area contributed by atoms with Crippen LogP contribution in [-0.2, 0) is 4.79 Å². The molecule has 0 radical (unpaired) electrons. The van der Waals surface area contributed by atoms with Gasteiger partial charge in [0.05, 0.1) is 4.05 Å². The molecule has 5 unspecified atom stereocenters. The van der Waals surface area contributed by atoms with Gasteiger partial charge in [0.25, 0.3) is 0 Å². The van der Waals surface area contributed by atoms with E-state index >= 15 is 0 Å². The van der Waals surface area contributed by atoms with E-state index in [1.54, 1.807) is 0 Å². The van der Waals surface area contributed by atoms with Crippen LogP contribution in [-0.4, -0.2) is 33.0 Å². The highest BCUT2D eigenvalue weighted by Crippen LogP contribution is 2.68. The van der Waals surface area contributed by atoms with Crippen LogP contribution in [0.15, 0.2) is 0 Å². The van der Waals surface area contributed by atoms with Gasteiger partial charge in [-0.1, -0.05) is 48.2 Å². The SMILES string of the molecule is BC12CC3CC(S)(C1)CC(N(C(=O)C(C)C)C(C)I)(C3)C2. The topological polar surface area (TPSA) is 20.3 Å². The summed E-state index contributed by atoms with van der Waals surface area (Å²) >= 11 is 7.53. The Balaban J connectivity index is 2.01. The maximum absolute atomic E-state index is 12.9. The summed E-state index contributed by atoms with van der Waals surface area (Å²) in [5.74, 6) is 1.18. The molecule has 21 heavy (non-hydrogen) atoms. The Kier molecular flexibility index (Phi) is 3.96. The summed E-state index contributed by atoms with van der Waals surface area (Å²) in [6, 6.07) is 0. The normalized spacial score (nSPS) is 45.9. The number of nitrogens with zero attached hydrogens (tertiary/aromatic N) is 1. The van der Waals surface area contributed by atoms with Crippen LogP contribution in [0.25, 0.3) is 0 Å². The number of amides is 1. The van der Waals surface area contributed by atoms with Gasteiger partial charge in [0.15, 0.2) is 0 Å². The maximum Gasteiger partial charge on any atom is 0.226 e. The molecule has 118 valence electrons. The Bertz CT molecular complexity index is 451. The van der Waals surface area contributed by atoms with E-state index in [0.717, 1.165) is 12.3 Å². The zero-order valence-corrected chi connectivity index (χ0v) is 16.7. The lowest BCUT2D eigenvalue weighted by atomic mass is 9.40. The first kappa shape index (κ1) is 16.5. The third-order valence-electron chi connectivity index (χ3n) is 5.89. The molecular weight excluding hydrogens is 392 g/mol. The molecular formula is C16H27BINOS. The van der Waals surface area contributed by atoms with Gasteiger partial charge in [0.1, 0.15) is 7.85 Å². The summed E-state index contributed by atoms with van der Waals surface area (Å²) in [6.07, 6.45) is 7.33. The molecule has 0 aromatic carbocycles. The van der Waals surface area contributed by atoms with E-state index in [1.807, 2.05) is 13.8 Å². The van der Waals surface area contributed by atoms with Crippen molar-refractivity contribution in [3.63, 3.8) is 0 Å². The van der Waals surface area contributed by atoms with Crippen LogP contribution < -0.4 is 0 Å². The highest BCUT2D eigenvalue weighted by Gasteiger charge is 2.63. The van der Waals surface area contributed by atoms with E-state index in [4.69, 9.17) is 12.6 Å². The van der Waals surface area contributed by atoms with E-state index in [-0.39, 0.29) is 20.3 Å². The lowest BCUT2D eigenvalue weighted by Crippen LogP contribution is -2.68. The third kappa shape index (κ3) is 2.68. The average molecular weight is 419 g/mol. The number of rotatable bonds is 3. The van der Waals surface area contributed by atoms with Crippen LogP contribution in [0.3, 0.4) is 0 Å². The Morgan fingerprint density at radius 1 is 1.24 bits per heavy atom. The first-order valence-corrected chi connectivity index (χ1v) is 9.97. The molecule has 4 bridgehead atoms. The fourth-order valence-corrected chi connectivity index (χ4v) is 7.94. The van der Waals surface area contributed by atoms with Gasteiger partial charge in [-0.15, -0.1) is 0 Å². The Morgan fingerprint density at radius 3 is 2.38 bits per heavy atom. The van der Waals surface area contributed by atoms with Gasteiger partial charge in [0.2, 0.25) is 5.91 Å². The van der Waals surface area contributed by atoms with Crippen molar-refractivity contribution in [1.29, 1.82) is 0 Å². The van der Waals surface area contributed by atoms with Crippen LogP contribution >= 0.6 is 35.2 Å². The van der Waals surface area contributed by atoms with Gasteiger partial charge in [-0.3, -0.25) is 4.79 Å². The highest BCUT2D eigenvalue weighted by atomic mass is 127. The Hall–Kier alpha value is 0.615. The lowest BCUT2D eigenvalue weighted by molar-refractivity contribution is -0.151. The number of thiol groups is 1. The maximum atomic E-state index is 12.9. The minimum absolute atomic E-state index is 0.0673. The molecule has 2 nitrogen and oxygen atoms in total. The molecule has 0 aromatic heterocycles. The number of hydrogen-bond acceptors (Lipinski definition) is 2. The van der Waals surface area contributed by atoms with Crippen molar-refractivity contribution in [3.8, 4) is 0 Å². The third-order valence-corrected chi connectivity index (χ3v) is 6.94. The molecule has 5 heteroatoms. The number of alkyl halides is 1. The number of hydrogen-bond donors (Lipinski definition) is 1. The summed E-state index contributed by atoms with van der Waals surface area (Å²) in [7, 11) is 2.44. The predicted octanol–water partition coefficient (Wildman–Crippen LogP) is 3.45. The first-order chi connectivity index (χ1) is 9.58. The number of carbonyl (C=O) groups excluding carboxylic acids is 1.